The minimum atomic E-state index is -0.103. The first kappa shape index (κ1) is 28.3. The van der Waals surface area contributed by atoms with Crippen molar-refractivity contribution in [2.75, 3.05) is 0 Å². The fraction of sp³-hybridized carbons (Fsp3) is 0.128. The van der Waals surface area contributed by atoms with Crippen LogP contribution >= 0.6 is 0 Å². The average molecular weight is 629 g/mol. The standard InChI is InChI=1S/C47H36N2/c1-46(2)39-15-9-8-14-35(39)37-27-41-38(28-40(37)46)36-25-21-32-26-31(20-24-34(32)44(36)47(41,3)4)29-18-22-33(23-19-29)49-43-17-11-10-16-42(43)48-45(49)30-12-6-5-7-13-30/h5-28H,1-4H3. The highest BCUT2D eigenvalue weighted by molar-refractivity contribution is 6.00. The quantitative estimate of drug-likeness (QED) is 0.190. The second kappa shape index (κ2) is 9.90. The van der Waals surface area contributed by atoms with Crippen molar-refractivity contribution in [2.24, 2.45) is 0 Å². The van der Waals surface area contributed by atoms with Gasteiger partial charge in [0, 0.05) is 22.1 Å². The van der Waals surface area contributed by atoms with Crippen molar-refractivity contribution in [2.45, 2.75) is 38.5 Å². The smallest absolute Gasteiger partial charge is 0.145 e. The largest absolute Gasteiger partial charge is 0.292 e. The summed E-state index contributed by atoms with van der Waals surface area (Å²) in [5, 5.41) is 2.63. The van der Waals surface area contributed by atoms with E-state index in [1.54, 1.807) is 0 Å². The Morgan fingerprint density at radius 1 is 0.469 bits per heavy atom. The minimum Gasteiger partial charge on any atom is -0.292 e. The number of fused-ring (bicyclic) bond motifs is 9. The van der Waals surface area contributed by atoms with Crippen LogP contribution in [0.2, 0.25) is 0 Å². The second-order valence-corrected chi connectivity index (χ2v) is 14.8. The van der Waals surface area contributed by atoms with E-state index in [0.29, 0.717) is 0 Å². The zero-order valence-corrected chi connectivity index (χ0v) is 28.3. The molecule has 0 amide bonds. The predicted molar refractivity (Wildman–Crippen MR) is 205 cm³/mol. The molecule has 0 fully saturated rings. The molecule has 0 atom stereocenters. The van der Waals surface area contributed by atoms with E-state index in [4.69, 9.17) is 4.98 Å². The van der Waals surface area contributed by atoms with Crippen LogP contribution < -0.4 is 0 Å². The molecule has 1 heterocycles. The van der Waals surface area contributed by atoms with Gasteiger partial charge in [0.05, 0.1) is 11.0 Å². The Kier molecular flexibility index (Phi) is 5.72. The SMILES string of the molecule is CC1(C)c2ccccc2-c2cc3c(cc21)-c1ccc2cc(-c4ccc(-n5c(-c6ccccc6)nc6ccccc65)cc4)ccc2c1C3(C)C. The molecule has 0 N–H and O–H groups in total. The van der Waals surface area contributed by atoms with Crippen LogP contribution in [0.15, 0.2) is 146 Å². The second-order valence-electron chi connectivity index (χ2n) is 14.8. The van der Waals surface area contributed by atoms with Crippen LogP contribution in [-0.4, -0.2) is 9.55 Å². The molecule has 0 unspecified atom stereocenters. The third-order valence-electron chi connectivity index (χ3n) is 11.4. The molecule has 10 rings (SSSR count). The Morgan fingerprint density at radius 2 is 1.14 bits per heavy atom. The topological polar surface area (TPSA) is 17.8 Å². The molecular weight excluding hydrogens is 593 g/mol. The van der Waals surface area contributed by atoms with Crippen molar-refractivity contribution in [1.29, 1.82) is 0 Å². The van der Waals surface area contributed by atoms with Crippen LogP contribution in [-0.2, 0) is 10.8 Å². The maximum Gasteiger partial charge on any atom is 0.145 e. The van der Waals surface area contributed by atoms with Gasteiger partial charge in [-0.2, -0.15) is 0 Å². The Labute approximate surface area is 287 Å². The fourth-order valence-corrected chi connectivity index (χ4v) is 8.90. The van der Waals surface area contributed by atoms with E-state index in [0.717, 1.165) is 28.1 Å². The van der Waals surface area contributed by atoms with Crippen molar-refractivity contribution in [3.8, 4) is 50.5 Å². The summed E-state index contributed by atoms with van der Waals surface area (Å²) in [4.78, 5) is 5.03. The molecule has 0 spiro atoms. The third-order valence-corrected chi connectivity index (χ3v) is 11.4. The summed E-state index contributed by atoms with van der Waals surface area (Å²) in [6.07, 6.45) is 0. The molecule has 234 valence electrons. The molecule has 2 heteroatoms. The highest BCUT2D eigenvalue weighted by Gasteiger charge is 2.42. The predicted octanol–water partition coefficient (Wildman–Crippen LogP) is 12.1. The van der Waals surface area contributed by atoms with Gasteiger partial charge in [0.25, 0.3) is 0 Å². The maximum absolute atomic E-state index is 5.03. The molecule has 1 aromatic heterocycles. The number of rotatable bonds is 3. The van der Waals surface area contributed by atoms with E-state index in [1.165, 1.54) is 66.4 Å². The lowest BCUT2D eigenvalue weighted by molar-refractivity contribution is 0.654. The van der Waals surface area contributed by atoms with Gasteiger partial charge in [-0.05, 0) is 109 Å². The summed E-state index contributed by atoms with van der Waals surface area (Å²) < 4.78 is 2.27. The van der Waals surface area contributed by atoms with Crippen LogP contribution in [0.25, 0.3) is 72.3 Å². The Hall–Kier alpha value is -5.73. The Balaban J connectivity index is 1.05. The zero-order valence-electron chi connectivity index (χ0n) is 28.3. The van der Waals surface area contributed by atoms with Crippen molar-refractivity contribution < 1.29 is 0 Å². The van der Waals surface area contributed by atoms with Gasteiger partial charge in [-0.25, -0.2) is 4.98 Å². The van der Waals surface area contributed by atoms with Crippen molar-refractivity contribution in [3.05, 3.63) is 168 Å². The van der Waals surface area contributed by atoms with Crippen molar-refractivity contribution >= 4 is 21.8 Å². The molecule has 0 saturated heterocycles. The molecule has 2 nitrogen and oxygen atoms in total. The van der Waals surface area contributed by atoms with E-state index >= 15 is 0 Å². The molecule has 2 aliphatic rings. The van der Waals surface area contributed by atoms with Crippen molar-refractivity contribution in [3.63, 3.8) is 0 Å². The normalized spacial score (nSPS) is 14.9. The van der Waals surface area contributed by atoms with Gasteiger partial charge in [-0.3, -0.25) is 4.57 Å². The van der Waals surface area contributed by atoms with Gasteiger partial charge >= 0.3 is 0 Å². The Morgan fingerprint density at radius 3 is 1.96 bits per heavy atom. The van der Waals surface area contributed by atoms with E-state index < -0.39 is 0 Å². The number of hydrogen-bond donors (Lipinski definition) is 0. The number of para-hydroxylation sites is 2. The first-order valence-electron chi connectivity index (χ1n) is 17.3. The first-order valence-corrected chi connectivity index (χ1v) is 17.3. The van der Waals surface area contributed by atoms with E-state index in [9.17, 15) is 0 Å². The molecule has 8 aromatic rings. The van der Waals surface area contributed by atoms with Crippen LogP contribution in [0.3, 0.4) is 0 Å². The maximum atomic E-state index is 5.03. The molecule has 7 aromatic carbocycles. The van der Waals surface area contributed by atoms with Gasteiger partial charge in [0.15, 0.2) is 0 Å². The number of aromatic nitrogens is 2. The summed E-state index contributed by atoms with van der Waals surface area (Å²) in [6, 6.07) is 53.5. The number of nitrogens with zero attached hydrogens (tertiary/aromatic N) is 2. The molecule has 0 radical (unpaired) electrons. The molecule has 2 aliphatic carbocycles. The first-order chi connectivity index (χ1) is 23.8. The van der Waals surface area contributed by atoms with E-state index in [-0.39, 0.29) is 10.8 Å². The van der Waals surface area contributed by atoms with Crippen molar-refractivity contribution in [1.82, 2.24) is 9.55 Å². The Bertz CT molecular complexity index is 2640. The fourth-order valence-electron chi connectivity index (χ4n) is 8.90. The highest BCUT2D eigenvalue weighted by Crippen LogP contribution is 2.57. The summed E-state index contributed by atoms with van der Waals surface area (Å²) in [5.74, 6) is 0.954. The lowest BCUT2D eigenvalue weighted by atomic mass is 9.78. The van der Waals surface area contributed by atoms with Gasteiger partial charge in [0.1, 0.15) is 5.82 Å². The highest BCUT2D eigenvalue weighted by atomic mass is 15.1. The average Bonchev–Trinajstić information content (AvgIpc) is 3.71. The van der Waals surface area contributed by atoms with E-state index in [2.05, 4.69) is 172 Å². The lowest BCUT2D eigenvalue weighted by Crippen LogP contribution is -2.17. The number of hydrogen-bond acceptors (Lipinski definition) is 1. The zero-order chi connectivity index (χ0) is 33.1. The molecule has 0 saturated carbocycles. The summed E-state index contributed by atoms with van der Waals surface area (Å²) in [6.45, 7) is 9.57. The van der Waals surface area contributed by atoms with Crippen LogP contribution in [0.4, 0.5) is 0 Å². The summed E-state index contributed by atoms with van der Waals surface area (Å²) >= 11 is 0. The summed E-state index contributed by atoms with van der Waals surface area (Å²) in [7, 11) is 0. The molecule has 49 heavy (non-hydrogen) atoms. The van der Waals surface area contributed by atoms with Gasteiger partial charge in [0.2, 0.25) is 0 Å². The third kappa shape index (κ3) is 3.92. The molecule has 0 aliphatic heterocycles. The number of imidazole rings is 1. The van der Waals surface area contributed by atoms with Gasteiger partial charge < -0.3 is 0 Å². The summed E-state index contributed by atoms with van der Waals surface area (Å²) in [5.41, 5.74) is 17.9. The monoisotopic (exact) mass is 628 g/mol. The van der Waals surface area contributed by atoms with Gasteiger partial charge in [-0.1, -0.05) is 131 Å². The number of benzene rings is 7. The molecular formula is C47H36N2. The van der Waals surface area contributed by atoms with Gasteiger partial charge in [-0.15, -0.1) is 0 Å². The van der Waals surface area contributed by atoms with Crippen LogP contribution in [0, 0.1) is 0 Å². The lowest BCUT2D eigenvalue weighted by Gasteiger charge is -2.25. The van der Waals surface area contributed by atoms with Crippen LogP contribution in [0.5, 0.6) is 0 Å². The molecule has 0 bridgehead atoms. The van der Waals surface area contributed by atoms with Crippen LogP contribution in [0.1, 0.15) is 49.9 Å². The minimum absolute atomic E-state index is 0.0107. The van der Waals surface area contributed by atoms with E-state index in [1.807, 2.05) is 6.07 Å².